The fourth-order valence-electron chi connectivity index (χ4n) is 5.40. The van der Waals surface area contributed by atoms with E-state index in [-0.39, 0.29) is 6.10 Å². The number of fused-ring (bicyclic) bond motifs is 1. The molecule has 5 nitrogen and oxygen atoms in total. The molecule has 0 bridgehead atoms. The summed E-state index contributed by atoms with van der Waals surface area (Å²) in [6.45, 7) is 1.40. The number of hydrogen-bond donors (Lipinski definition) is 1. The zero-order valence-corrected chi connectivity index (χ0v) is 17.8. The topological polar surface area (TPSA) is 56.0 Å². The summed E-state index contributed by atoms with van der Waals surface area (Å²) < 4.78 is 13.1. The number of ether oxygens (including phenoxy) is 2. The number of nitrogens with zero attached hydrogens (tertiary/aromatic N) is 2. The first-order valence-electron chi connectivity index (χ1n) is 11.7. The van der Waals surface area contributed by atoms with Gasteiger partial charge in [-0.05, 0) is 85.6 Å². The number of aliphatic hydroxyl groups excluding tert-OH is 1. The molecule has 1 atom stereocenters. The van der Waals surface area contributed by atoms with Gasteiger partial charge in [0, 0.05) is 11.8 Å². The lowest BCUT2D eigenvalue weighted by Gasteiger charge is -2.33. The van der Waals surface area contributed by atoms with Crippen molar-refractivity contribution in [3.8, 4) is 5.75 Å². The smallest absolute Gasteiger partial charge is 0.145 e. The van der Waals surface area contributed by atoms with Gasteiger partial charge in [0.05, 0.1) is 37.4 Å². The molecule has 1 aromatic carbocycles. The summed E-state index contributed by atoms with van der Waals surface area (Å²) in [6.07, 6.45) is 12.5. The summed E-state index contributed by atoms with van der Waals surface area (Å²) in [5.74, 6) is 2.44. The van der Waals surface area contributed by atoms with E-state index in [2.05, 4.69) is 45.9 Å². The van der Waals surface area contributed by atoms with Crippen LogP contribution in [0.3, 0.4) is 0 Å². The lowest BCUT2D eigenvalue weighted by molar-refractivity contribution is -0.0796. The number of rotatable bonds is 6. The highest BCUT2D eigenvalue weighted by Gasteiger charge is 2.34. The summed E-state index contributed by atoms with van der Waals surface area (Å²) in [5, 5.41) is 11.5. The van der Waals surface area contributed by atoms with Crippen LogP contribution in [0.25, 0.3) is 5.52 Å². The average Bonchev–Trinajstić information content (AvgIpc) is 3.52. The van der Waals surface area contributed by atoms with E-state index < -0.39 is 6.10 Å². The highest BCUT2D eigenvalue weighted by Crippen LogP contribution is 2.48. The van der Waals surface area contributed by atoms with E-state index in [0.717, 1.165) is 42.5 Å². The lowest BCUT2D eigenvalue weighted by atomic mass is 9.75. The third kappa shape index (κ3) is 3.74. The van der Waals surface area contributed by atoms with Crippen LogP contribution in [0.4, 0.5) is 0 Å². The summed E-state index contributed by atoms with van der Waals surface area (Å²) in [5.41, 5.74) is 4.94. The van der Waals surface area contributed by atoms with Gasteiger partial charge in [0.15, 0.2) is 0 Å². The monoisotopic (exact) mass is 418 g/mol. The highest BCUT2D eigenvalue weighted by molar-refractivity contribution is 5.59. The zero-order valence-electron chi connectivity index (χ0n) is 17.8. The molecule has 1 aliphatic heterocycles. The summed E-state index contributed by atoms with van der Waals surface area (Å²) >= 11 is 0. The molecule has 1 N–H and O–H groups in total. The number of hydrogen-bond acceptors (Lipinski definition) is 4. The van der Waals surface area contributed by atoms with Gasteiger partial charge in [-0.25, -0.2) is 4.98 Å². The Labute approximate surface area is 183 Å². The van der Waals surface area contributed by atoms with E-state index in [4.69, 9.17) is 9.47 Å². The van der Waals surface area contributed by atoms with Crippen LogP contribution in [0.2, 0.25) is 0 Å². The van der Waals surface area contributed by atoms with Crippen molar-refractivity contribution < 1.29 is 14.6 Å². The fraction of sp³-hybridized carbons (Fsp3) is 0.500. The van der Waals surface area contributed by atoms with Crippen LogP contribution in [0.15, 0.2) is 49.1 Å². The molecule has 0 amide bonds. The van der Waals surface area contributed by atoms with Gasteiger partial charge in [-0.1, -0.05) is 12.1 Å². The van der Waals surface area contributed by atoms with Crippen molar-refractivity contribution in [2.75, 3.05) is 13.2 Å². The predicted molar refractivity (Wildman–Crippen MR) is 119 cm³/mol. The molecule has 3 aliphatic rings. The molecule has 2 aromatic heterocycles. The van der Waals surface area contributed by atoms with Gasteiger partial charge in [0.2, 0.25) is 0 Å². The van der Waals surface area contributed by atoms with Gasteiger partial charge in [-0.2, -0.15) is 0 Å². The zero-order chi connectivity index (χ0) is 20.8. The fourth-order valence-corrected chi connectivity index (χ4v) is 5.40. The van der Waals surface area contributed by atoms with E-state index in [1.807, 2.05) is 12.5 Å². The molecule has 3 fully saturated rings. The number of pyridine rings is 1. The summed E-state index contributed by atoms with van der Waals surface area (Å²) in [6, 6.07) is 10.8. The minimum Gasteiger partial charge on any atom is -0.486 e. The van der Waals surface area contributed by atoms with Crippen LogP contribution in [-0.2, 0) is 4.74 Å². The first kappa shape index (κ1) is 19.3. The second-order valence-electron chi connectivity index (χ2n) is 9.55. The minimum absolute atomic E-state index is 0.212. The maximum Gasteiger partial charge on any atom is 0.145 e. The van der Waals surface area contributed by atoms with E-state index in [9.17, 15) is 5.11 Å². The van der Waals surface area contributed by atoms with Crippen molar-refractivity contribution in [3.05, 3.63) is 65.7 Å². The average molecular weight is 419 g/mol. The van der Waals surface area contributed by atoms with Crippen molar-refractivity contribution >= 4 is 5.52 Å². The molecule has 2 aliphatic carbocycles. The van der Waals surface area contributed by atoms with Gasteiger partial charge in [0.25, 0.3) is 0 Å². The van der Waals surface area contributed by atoms with Gasteiger partial charge >= 0.3 is 0 Å². The molecular formula is C26H30N2O3. The SMILES string of the molecule is O[C@H](c1c(C2CC2)ccn2cncc12)[C@H]1CC[C@H](c2ccc(OC3COC3)cc2)CC1. The molecule has 0 spiro atoms. The number of aliphatic hydroxyl groups is 1. The van der Waals surface area contributed by atoms with Crippen molar-refractivity contribution in [3.63, 3.8) is 0 Å². The number of aromatic nitrogens is 2. The van der Waals surface area contributed by atoms with Crippen molar-refractivity contribution in [2.24, 2.45) is 5.92 Å². The van der Waals surface area contributed by atoms with Crippen molar-refractivity contribution in [1.82, 2.24) is 9.38 Å². The largest absolute Gasteiger partial charge is 0.486 e. The second kappa shape index (κ2) is 7.95. The molecule has 5 heteroatoms. The van der Waals surface area contributed by atoms with Gasteiger partial charge in [-0.3, -0.25) is 0 Å². The highest BCUT2D eigenvalue weighted by atomic mass is 16.6. The van der Waals surface area contributed by atoms with Crippen LogP contribution in [-0.4, -0.2) is 33.8 Å². The predicted octanol–water partition coefficient (Wildman–Crippen LogP) is 5.00. The standard InChI is InChI=1S/C26H30N2O3/c29-26(25-23(19-3-4-19)11-12-28-16-27-13-24(25)28)20-5-1-17(2-6-20)18-7-9-21(10-8-18)31-22-14-30-15-22/h7-13,16-17,19-20,22,26,29H,1-6,14-15H2/t17-,20-,26-/m0/s1. The van der Waals surface area contributed by atoms with Crippen LogP contribution in [0.5, 0.6) is 5.75 Å². The molecule has 0 unspecified atom stereocenters. The summed E-state index contributed by atoms with van der Waals surface area (Å²) in [7, 11) is 0. The van der Waals surface area contributed by atoms with Gasteiger partial charge in [-0.15, -0.1) is 0 Å². The van der Waals surface area contributed by atoms with Crippen LogP contribution < -0.4 is 4.74 Å². The Kier molecular flexibility index (Phi) is 4.96. The van der Waals surface area contributed by atoms with Crippen molar-refractivity contribution in [2.45, 2.75) is 62.6 Å². The molecule has 3 heterocycles. The van der Waals surface area contributed by atoms with Crippen LogP contribution in [0, 0.1) is 5.92 Å². The third-order valence-corrected chi connectivity index (χ3v) is 7.46. The molecule has 0 radical (unpaired) electrons. The van der Waals surface area contributed by atoms with E-state index in [1.165, 1.54) is 24.0 Å². The Hall–Kier alpha value is -2.37. The van der Waals surface area contributed by atoms with Gasteiger partial charge < -0.3 is 19.0 Å². The van der Waals surface area contributed by atoms with Gasteiger partial charge in [0.1, 0.15) is 11.9 Å². The molecule has 1 saturated heterocycles. The molecule has 3 aromatic rings. The molecule has 31 heavy (non-hydrogen) atoms. The normalized spacial score (nSPS) is 25.3. The van der Waals surface area contributed by atoms with Crippen LogP contribution in [0.1, 0.15) is 73.2 Å². The van der Waals surface area contributed by atoms with E-state index in [0.29, 0.717) is 31.0 Å². The number of imidazole rings is 1. The Morgan fingerprint density at radius 2 is 1.71 bits per heavy atom. The molecule has 162 valence electrons. The first-order valence-corrected chi connectivity index (χ1v) is 11.7. The summed E-state index contributed by atoms with van der Waals surface area (Å²) in [4.78, 5) is 4.33. The molecule has 6 rings (SSSR count). The maximum atomic E-state index is 11.5. The number of benzene rings is 1. The maximum absolute atomic E-state index is 11.5. The Balaban J connectivity index is 1.14. The Bertz CT molecular complexity index is 1040. The van der Waals surface area contributed by atoms with Crippen LogP contribution >= 0.6 is 0 Å². The van der Waals surface area contributed by atoms with Crippen molar-refractivity contribution in [1.29, 1.82) is 0 Å². The first-order chi connectivity index (χ1) is 15.3. The third-order valence-electron chi connectivity index (χ3n) is 7.46. The molecule has 2 saturated carbocycles. The Morgan fingerprint density at radius 3 is 2.39 bits per heavy atom. The van der Waals surface area contributed by atoms with E-state index in [1.54, 1.807) is 0 Å². The minimum atomic E-state index is -0.405. The molecular weight excluding hydrogens is 388 g/mol. The second-order valence-corrected chi connectivity index (χ2v) is 9.55. The lowest BCUT2D eigenvalue weighted by Crippen LogP contribution is -2.38. The quantitative estimate of drug-likeness (QED) is 0.612. The Morgan fingerprint density at radius 1 is 0.968 bits per heavy atom. The van der Waals surface area contributed by atoms with E-state index >= 15 is 0 Å².